The van der Waals surface area contributed by atoms with E-state index >= 15 is 0 Å². The van der Waals surface area contributed by atoms with Crippen molar-refractivity contribution in [1.82, 2.24) is 10.6 Å². The molecule has 0 aromatic carbocycles. The van der Waals surface area contributed by atoms with Gasteiger partial charge in [0, 0.05) is 6.54 Å². The molecular weight excluding hydrogens is 216 g/mol. The molecule has 0 aromatic rings. The van der Waals surface area contributed by atoms with E-state index in [0.717, 1.165) is 0 Å². The highest BCUT2D eigenvalue weighted by Gasteiger charge is 2.17. The topological polar surface area (TPSA) is 148 Å². The second kappa shape index (κ2) is 7.32. The van der Waals surface area contributed by atoms with Gasteiger partial charge in [0.2, 0.25) is 0 Å². The summed E-state index contributed by atoms with van der Waals surface area (Å²) < 4.78 is 0. The van der Waals surface area contributed by atoms with Gasteiger partial charge < -0.3 is 27.2 Å². The van der Waals surface area contributed by atoms with Gasteiger partial charge in [-0.3, -0.25) is 0 Å². The predicted octanol–water partition coefficient (Wildman–Crippen LogP) is -1.05. The number of unbranched alkanes of at least 4 members (excludes halogenated alkanes) is 1. The van der Waals surface area contributed by atoms with Gasteiger partial charge in [-0.05, 0) is 19.3 Å². The molecule has 0 saturated heterocycles. The van der Waals surface area contributed by atoms with E-state index in [2.05, 4.69) is 10.6 Å². The van der Waals surface area contributed by atoms with Gasteiger partial charge in [0.25, 0.3) is 0 Å². The number of urea groups is 2. The van der Waals surface area contributed by atoms with Crippen LogP contribution in [0.15, 0.2) is 0 Å². The molecule has 0 bridgehead atoms. The lowest BCUT2D eigenvalue weighted by atomic mass is 10.1. The van der Waals surface area contributed by atoms with Crippen molar-refractivity contribution in [3.63, 3.8) is 0 Å². The Morgan fingerprint density at radius 3 is 2.19 bits per heavy atom. The predicted molar refractivity (Wildman–Crippen MR) is 55.6 cm³/mol. The molecule has 0 saturated carbocycles. The minimum Gasteiger partial charge on any atom is -0.480 e. The molecule has 4 amide bonds. The Balaban J connectivity index is 3.72. The summed E-state index contributed by atoms with van der Waals surface area (Å²) in [5.74, 6) is -1.14. The first kappa shape index (κ1) is 14.0. The first-order valence-corrected chi connectivity index (χ1v) is 4.75. The summed E-state index contributed by atoms with van der Waals surface area (Å²) in [5.41, 5.74) is 9.65. The third-order valence-electron chi connectivity index (χ3n) is 1.83. The lowest BCUT2D eigenvalue weighted by Gasteiger charge is -2.12. The van der Waals surface area contributed by atoms with Gasteiger partial charge >= 0.3 is 18.0 Å². The monoisotopic (exact) mass is 232 g/mol. The van der Waals surface area contributed by atoms with Crippen molar-refractivity contribution in [2.24, 2.45) is 11.5 Å². The summed E-state index contributed by atoms with van der Waals surface area (Å²) in [6.45, 7) is 0.373. The average Bonchev–Trinajstić information content (AvgIpc) is 2.14. The Kier molecular flexibility index (Phi) is 6.41. The molecule has 0 aromatic heterocycles. The van der Waals surface area contributed by atoms with Crippen molar-refractivity contribution in [2.45, 2.75) is 25.3 Å². The van der Waals surface area contributed by atoms with Crippen LogP contribution in [0.3, 0.4) is 0 Å². The third kappa shape index (κ3) is 7.42. The van der Waals surface area contributed by atoms with E-state index in [9.17, 15) is 14.4 Å². The molecule has 0 fully saturated rings. The lowest BCUT2D eigenvalue weighted by Crippen LogP contribution is -2.43. The van der Waals surface area contributed by atoms with E-state index < -0.39 is 24.1 Å². The van der Waals surface area contributed by atoms with Crippen LogP contribution in [0.5, 0.6) is 0 Å². The van der Waals surface area contributed by atoms with E-state index in [1.807, 2.05) is 0 Å². The third-order valence-corrected chi connectivity index (χ3v) is 1.83. The summed E-state index contributed by atoms with van der Waals surface area (Å²) >= 11 is 0. The van der Waals surface area contributed by atoms with Crippen LogP contribution in [0.2, 0.25) is 0 Å². The fraction of sp³-hybridized carbons (Fsp3) is 0.625. The quantitative estimate of drug-likeness (QED) is 0.356. The minimum atomic E-state index is -1.14. The fourth-order valence-electron chi connectivity index (χ4n) is 1.11. The van der Waals surface area contributed by atoms with Crippen LogP contribution in [-0.2, 0) is 4.79 Å². The smallest absolute Gasteiger partial charge is 0.326 e. The summed E-state index contributed by atoms with van der Waals surface area (Å²) in [6, 6.07) is -2.49. The maximum atomic E-state index is 10.6. The zero-order valence-corrected chi connectivity index (χ0v) is 8.73. The Bertz CT molecular complexity index is 269. The van der Waals surface area contributed by atoms with Gasteiger partial charge in [-0.15, -0.1) is 0 Å². The van der Waals surface area contributed by atoms with Crippen LogP contribution in [0.4, 0.5) is 9.59 Å². The van der Waals surface area contributed by atoms with Gasteiger partial charge in [0.1, 0.15) is 6.04 Å². The molecule has 1 unspecified atom stereocenters. The number of rotatable bonds is 7. The summed E-state index contributed by atoms with van der Waals surface area (Å²) in [4.78, 5) is 31.4. The van der Waals surface area contributed by atoms with Crippen LogP contribution in [0.1, 0.15) is 19.3 Å². The molecule has 0 aliphatic rings. The van der Waals surface area contributed by atoms with Gasteiger partial charge in [-0.25, -0.2) is 14.4 Å². The molecule has 0 heterocycles. The first-order chi connectivity index (χ1) is 7.43. The number of carboxylic acid groups (broad SMARTS) is 1. The van der Waals surface area contributed by atoms with Crippen molar-refractivity contribution in [3.05, 3.63) is 0 Å². The number of carbonyl (C=O) groups excluding carboxylic acids is 2. The highest BCUT2D eigenvalue weighted by Crippen LogP contribution is 2.00. The molecule has 16 heavy (non-hydrogen) atoms. The van der Waals surface area contributed by atoms with Crippen molar-refractivity contribution in [2.75, 3.05) is 6.54 Å². The maximum absolute atomic E-state index is 10.6. The van der Waals surface area contributed by atoms with Crippen LogP contribution < -0.4 is 22.1 Å². The van der Waals surface area contributed by atoms with Crippen LogP contribution >= 0.6 is 0 Å². The molecule has 8 nitrogen and oxygen atoms in total. The summed E-state index contributed by atoms with van der Waals surface area (Å²) in [6.07, 6.45) is 1.35. The van der Waals surface area contributed by atoms with E-state index in [4.69, 9.17) is 16.6 Å². The molecule has 1 atom stereocenters. The van der Waals surface area contributed by atoms with E-state index in [-0.39, 0.29) is 6.42 Å². The van der Waals surface area contributed by atoms with E-state index in [1.165, 1.54) is 0 Å². The highest BCUT2D eigenvalue weighted by molar-refractivity contribution is 5.81. The number of hydrogen-bond donors (Lipinski definition) is 5. The molecule has 0 rings (SSSR count). The molecule has 8 heteroatoms. The summed E-state index contributed by atoms with van der Waals surface area (Å²) in [7, 11) is 0. The number of aliphatic carboxylic acids is 1. The largest absolute Gasteiger partial charge is 0.480 e. The Morgan fingerprint density at radius 1 is 1.12 bits per heavy atom. The second-order valence-corrected chi connectivity index (χ2v) is 3.19. The Morgan fingerprint density at radius 2 is 1.75 bits per heavy atom. The van der Waals surface area contributed by atoms with Gasteiger partial charge in [-0.2, -0.15) is 0 Å². The normalized spacial score (nSPS) is 11.5. The average molecular weight is 232 g/mol. The summed E-state index contributed by atoms with van der Waals surface area (Å²) in [5, 5.41) is 13.2. The molecule has 0 spiro atoms. The second-order valence-electron chi connectivity index (χ2n) is 3.19. The molecule has 0 aliphatic carbocycles. The number of carbonyl (C=O) groups is 3. The number of carboxylic acids is 1. The van der Waals surface area contributed by atoms with Gasteiger partial charge in [-0.1, -0.05) is 0 Å². The molecule has 7 N–H and O–H groups in total. The first-order valence-electron chi connectivity index (χ1n) is 4.75. The van der Waals surface area contributed by atoms with Crippen LogP contribution in [-0.4, -0.2) is 35.7 Å². The standard InChI is InChI=1S/C8H16N4O4/c9-7(15)11-4-2-1-3-5(6(13)14)12-8(10)16/h5H,1-4H2,(H,13,14)(H3,9,11,15)(H3,10,12,16). The Labute approximate surface area is 92.4 Å². The fourth-order valence-corrected chi connectivity index (χ4v) is 1.11. The van der Waals surface area contributed by atoms with E-state index in [1.54, 1.807) is 0 Å². The number of amides is 4. The van der Waals surface area contributed by atoms with Crippen molar-refractivity contribution < 1.29 is 19.5 Å². The zero-order chi connectivity index (χ0) is 12.6. The molecule has 0 aliphatic heterocycles. The number of hydrogen-bond acceptors (Lipinski definition) is 3. The van der Waals surface area contributed by atoms with Crippen molar-refractivity contribution in [3.8, 4) is 0 Å². The van der Waals surface area contributed by atoms with Crippen LogP contribution in [0, 0.1) is 0 Å². The van der Waals surface area contributed by atoms with Crippen LogP contribution in [0.25, 0.3) is 0 Å². The molecular formula is C8H16N4O4. The van der Waals surface area contributed by atoms with Crippen molar-refractivity contribution in [1.29, 1.82) is 0 Å². The van der Waals surface area contributed by atoms with Gasteiger partial charge in [0.15, 0.2) is 0 Å². The van der Waals surface area contributed by atoms with Gasteiger partial charge in [0.05, 0.1) is 0 Å². The number of nitrogens with one attached hydrogen (secondary N) is 2. The molecule has 0 radical (unpaired) electrons. The zero-order valence-electron chi connectivity index (χ0n) is 8.73. The van der Waals surface area contributed by atoms with E-state index in [0.29, 0.717) is 19.4 Å². The SMILES string of the molecule is NC(=O)NCCCCC(NC(N)=O)C(=O)O. The Hall–Kier alpha value is -1.99. The van der Waals surface area contributed by atoms with Crippen molar-refractivity contribution >= 4 is 18.0 Å². The lowest BCUT2D eigenvalue weighted by molar-refractivity contribution is -0.139. The number of nitrogens with two attached hydrogens (primary N) is 2. The maximum Gasteiger partial charge on any atom is 0.326 e. The molecule has 92 valence electrons. The number of primary amides is 2. The minimum absolute atomic E-state index is 0.249. The highest BCUT2D eigenvalue weighted by atomic mass is 16.4.